The molecule has 0 fully saturated rings. The number of pyridine rings is 1. The topological polar surface area (TPSA) is 77.0 Å². The van der Waals surface area contributed by atoms with E-state index in [0.717, 1.165) is 11.4 Å². The van der Waals surface area contributed by atoms with E-state index in [2.05, 4.69) is 20.6 Å². The Morgan fingerprint density at radius 2 is 2.08 bits per heavy atom. The number of benzene rings is 1. The van der Waals surface area contributed by atoms with E-state index in [1.165, 1.54) is 0 Å². The average Bonchev–Trinajstić information content (AvgIpc) is 2.66. The maximum Gasteiger partial charge on any atom is 0.195 e. The number of ether oxygens (including phenoxy) is 3. The quantitative estimate of drug-likeness (QED) is 0.435. The highest BCUT2D eigenvalue weighted by molar-refractivity contribution is 5.93. The molecule has 0 aliphatic carbocycles. The lowest BCUT2D eigenvalue weighted by atomic mass is 10.2. The van der Waals surface area contributed by atoms with E-state index in [9.17, 15) is 0 Å². The smallest absolute Gasteiger partial charge is 0.195 e. The third-order valence-electron chi connectivity index (χ3n) is 3.25. The first kappa shape index (κ1) is 18.4. The standard InChI is InChI=1S/C18H24N4O3/c1-4-24-16-8-7-14(12-17(16)23-3)22-18(19-2)21-10-11-25-15-6-5-9-20-13-15/h5-9,12-13H,4,10-11H2,1-3H3,(H2,19,21,22). The van der Waals surface area contributed by atoms with Crippen LogP contribution in [0.25, 0.3) is 0 Å². The van der Waals surface area contributed by atoms with Crippen molar-refractivity contribution in [1.29, 1.82) is 0 Å². The number of hydrogen-bond donors (Lipinski definition) is 2. The van der Waals surface area contributed by atoms with Gasteiger partial charge in [0, 0.05) is 25.0 Å². The second kappa shape index (κ2) is 10.0. The van der Waals surface area contributed by atoms with Gasteiger partial charge in [-0.1, -0.05) is 0 Å². The van der Waals surface area contributed by atoms with Crippen LogP contribution in [0.1, 0.15) is 6.92 Å². The van der Waals surface area contributed by atoms with Crippen molar-refractivity contribution < 1.29 is 14.2 Å². The first-order valence-corrected chi connectivity index (χ1v) is 8.08. The monoisotopic (exact) mass is 344 g/mol. The first-order chi connectivity index (χ1) is 12.3. The number of guanidine groups is 1. The van der Waals surface area contributed by atoms with Gasteiger partial charge in [0.25, 0.3) is 0 Å². The summed E-state index contributed by atoms with van der Waals surface area (Å²) in [6.45, 7) is 3.62. The fourth-order valence-electron chi connectivity index (χ4n) is 2.11. The van der Waals surface area contributed by atoms with E-state index in [1.807, 2.05) is 37.3 Å². The number of aromatic nitrogens is 1. The lowest BCUT2D eigenvalue weighted by Gasteiger charge is -2.14. The van der Waals surface area contributed by atoms with E-state index in [1.54, 1.807) is 26.6 Å². The Morgan fingerprint density at radius 3 is 2.76 bits per heavy atom. The van der Waals surface area contributed by atoms with Crippen LogP contribution in [0, 0.1) is 0 Å². The molecule has 2 N–H and O–H groups in total. The maximum atomic E-state index is 5.59. The summed E-state index contributed by atoms with van der Waals surface area (Å²) in [5.41, 5.74) is 0.849. The molecule has 0 spiro atoms. The lowest BCUT2D eigenvalue weighted by Crippen LogP contribution is -2.33. The van der Waals surface area contributed by atoms with Crippen LogP contribution < -0.4 is 24.8 Å². The van der Waals surface area contributed by atoms with E-state index >= 15 is 0 Å². The Bertz CT molecular complexity index is 677. The molecule has 0 saturated heterocycles. The molecule has 25 heavy (non-hydrogen) atoms. The van der Waals surface area contributed by atoms with Gasteiger partial charge in [-0.2, -0.15) is 0 Å². The van der Waals surface area contributed by atoms with Crippen molar-refractivity contribution in [3.63, 3.8) is 0 Å². The zero-order chi connectivity index (χ0) is 17.9. The molecule has 0 bridgehead atoms. The number of anilines is 1. The van der Waals surface area contributed by atoms with Gasteiger partial charge >= 0.3 is 0 Å². The number of aliphatic imine (C=N–C) groups is 1. The van der Waals surface area contributed by atoms with Crippen LogP contribution >= 0.6 is 0 Å². The molecule has 1 aromatic carbocycles. The number of hydrogen-bond acceptors (Lipinski definition) is 5. The molecule has 7 nitrogen and oxygen atoms in total. The molecule has 1 heterocycles. The van der Waals surface area contributed by atoms with Crippen molar-refractivity contribution in [2.24, 2.45) is 4.99 Å². The largest absolute Gasteiger partial charge is 0.493 e. The molecule has 7 heteroatoms. The Hall–Kier alpha value is -2.96. The zero-order valence-corrected chi connectivity index (χ0v) is 14.8. The van der Waals surface area contributed by atoms with E-state index in [-0.39, 0.29) is 0 Å². The van der Waals surface area contributed by atoms with Gasteiger partial charge < -0.3 is 24.8 Å². The fourth-order valence-corrected chi connectivity index (χ4v) is 2.11. The molecule has 0 unspecified atom stereocenters. The summed E-state index contributed by atoms with van der Waals surface area (Å²) < 4.78 is 16.5. The number of nitrogens with zero attached hydrogens (tertiary/aromatic N) is 2. The van der Waals surface area contributed by atoms with Crippen LogP contribution in [0.4, 0.5) is 5.69 Å². The van der Waals surface area contributed by atoms with E-state index in [4.69, 9.17) is 14.2 Å². The van der Waals surface area contributed by atoms with E-state index in [0.29, 0.717) is 37.2 Å². The van der Waals surface area contributed by atoms with Crippen LogP contribution in [0.3, 0.4) is 0 Å². The molecule has 0 aliphatic heterocycles. The Morgan fingerprint density at radius 1 is 1.20 bits per heavy atom. The highest BCUT2D eigenvalue weighted by atomic mass is 16.5. The molecular weight excluding hydrogens is 320 g/mol. The first-order valence-electron chi connectivity index (χ1n) is 8.08. The minimum absolute atomic E-state index is 0.499. The predicted molar refractivity (Wildman–Crippen MR) is 98.9 cm³/mol. The van der Waals surface area contributed by atoms with Crippen molar-refractivity contribution in [3.05, 3.63) is 42.7 Å². The van der Waals surface area contributed by atoms with Crippen molar-refractivity contribution in [1.82, 2.24) is 10.3 Å². The molecule has 2 aromatic rings. The summed E-state index contributed by atoms with van der Waals surface area (Å²) in [6, 6.07) is 9.34. The van der Waals surface area contributed by atoms with Gasteiger partial charge in [0.1, 0.15) is 12.4 Å². The zero-order valence-electron chi connectivity index (χ0n) is 14.8. The number of rotatable bonds is 8. The molecular formula is C18H24N4O3. The van der Waals surface area contributed by atoms with Crippen molar-refractivity contribution in [3.8, 4) is 17.2 Å². The van der Waals surface area contributed by atoms with Gasteiger partial charge in [-0.25, -0.2) is 0 Å². The van der Waals surface area contributed by atoms with Crippen molar-refractivity contribution >= 4 is 11.6 Å². The molecule has 1 aromatic heterocycles. The molecule has 0 atom stereocenters. The number of nitrogens with one attached hydrogen (secondary N) is 2. The average molecular weight is 344 g/mol. The van der Waals surface area contributed by atoms with Gasteiger partial charge in [0.2, 0.25) is 0 Å². The second-order valence-electron chi connectivity index (χ2n) is 4.96. The van der Waals surface area contributed by atoms with Gasteiger partial charge in [-0.3, -0.25) is 9.98 Å². The Labute approximate surface area is 148 Å². The van der Waals surface area contributed by atoms with Crippen LogP contribution in [0.15, 0.2) is 47.7 Å². The Balaban J connectivity index is 1.85. The van der Waals surface area contributed by atoms with Crippen LogP contribution in [-0.2, 0) is 0 Å². The molecule has 0 saturated carbocycles. The maximum absolute atomic E-state index is 5.59. The SMILES string of the molecule is CCOc1ccc(NC(=NC)NCCOc2cccnc2)cc1OC. The number of methoxy groups -OCH3 is 1. The lowest BCUT2D eigenvalue weighted by molar-refractivity contribution is 0.311. The summed E-state index contributed by atoms with van der Waals surface area (Å²) in [4.78, 5) is 8.20. The highest BCUT2D eigenvalue weighted by Gasteiger charge is 2.06. The van der Waals surface area contributed by atoms with Gasteiger partial charge in [0.05, 0.1) is 26.5 Å². The van der Waals surface area contributed by atoms with Gasteiger partial charge in [-0.05, 0) is 31.2 Å². The molecule has 134 valence electrons. The van der Waals surface area contributed by atoms with Crippen molar-refractivity contribution in [2.75, 3.05) is 39.2 Å². The third-order valence-corrected chi connectivity index (χ3v) is 3.25. The third kappa shape index (κ3) is 5.87. The summed E-state index contributed by atoms with van der Waals surface area (Å²) in [6.07, 6.45) is 3.39. The summed E-state index contributed by atoms with van der Waals surface area (Å²) in [7, 11) is 3.33. The summed E-state index contributed by atoms with van der Waals surface area (Å²) >= 11 is 0. The minimum Gasteiger partial charge on any atom is -0.493 e. The minimum atomic E-state index is 0.499. The predicted octanol–water partition coefficient (Wildman–Crippen LogP) is 2.56. The van der Waals surface area contributed by atoms with Crippen LogP contribution in [-0.4, -0.2) is 44.9 Å². The van der Waals surface area contributed by atoms with Crippen molar-refractivity contribution in [2.45, 2.75) is 6.92 Å². The van der Waals surface area contributed by atoms with Gasteiger partial charge in [0.15, 0.2) is 17.5 Å². The fraction of sp³-hybridized carbons (Fsp3) is 0.333. The van der Waals surface area contributed by atoms with Crippen LogP contribution in [0.2, 0.25) is 0 Å². The normalized spacial score (nSPS) is 10.9. The Kier molecular flexibility index (Phi) is 7.37. The molecule has 2 rings (SSSR count). The van der Waals surface area contributed by atoms with Crippen LogP contribution in [0.5, 0.6) is 17.2 Å². The summed E-state index contributed by atoms with van der Waals surface area (Å²) in [5.74, 6) is 2.76. The second-order valence-corrected chi connectivity index (χ2v) is 4.96. The van der Waals surface area contributed by atoms with Gasteiger partial charge in [-0.15, -0.1) is 0 Å². The molecule has 0 radical (unpaired) electrons. The summed E-state index contributed by atoms with van der Waals surface area (Å²) in [5, 5.41) is 6.39. The molecule has 0 aliphatic rings. The highest BCUT2D eigenvalue weighted by Crippen LogP contribution is 2.30. The molecule has 0 amide bonds. The van der Waals surface area contributed by atoms with E-state index < -0.39 is 0 Å².